The SMILES string of the molecule is c1ccc(C(OB2Oc3ccccc3O2)(c2ccccc2)[C@@H]2CCCN2)cc1. The lowest BCUT2D eigenvalue weighted by atomic mass is 9.78. The Kier molecular flexibility index (Phi) is 4.55. The fourth-order valence-electron chi connectivity index (χ4n) is 4.27. The molecule has 2 aliphatic heterocycles. The molecule has 2 heterocycles. The molecule has 1 saturated heterocycles. The minimum atomic E-state index is -0.805. The second-order valence-electron chi connectivity index (χ2n) is 7.21. The molecule has 0 bridgehead atoms. The molecule has 0 aliphatic carbocycles. The zero-order valence-electron chi connectivity index (χ0n) is 15.6. The number of hydrogen-bond acceptors (Lipinski definition) is 4. The van der Waals surface area contributed by atoms with Crippen molar-refractivity contribution in [3.05, 3.63) is 96.1 Å². The van der Waals surface area contributed by atoms with Gasteiger partial charge in [0.15, 0.2) is 0 Å². The van der Waals surface area contributed by atoms with Gasteiger partial charge in [-0.25, -0.2) is 0 Å². The zero-order valence-corrected chi connectivity index (χ0v) is 15.6. The molecule has 5 heteroatoms. The van der Waals surface area contributed by atoms with Gasteiger partial charge in [0.05, 0.1) is 0 Å². The second kappa shape index (κ2) is 7.34. The summed E-state index contributed by atoms with van der Waals surface area (Å²) >= 11 is 0. The Balaban J connectivity index is 1.60. The highest BCUT2D eigenvalue weighted by atomic mass is 16.8. The molecule has 28 heavy (non-hydrogen) atoms. The molecule has 0 aromatic heterocycles. The molecule has 5 rings (SSSR count). The van der Waals surface area contributed by atoms with Gasteiger partial charge < -0.3 is 19.3 Å². The number of para-hydroxylation sites is 2. The van der Waals surface area contributed by atoms with Gasteiger partial charge in [0, 0.05) is 6.04 Å². The largest absolute Gasteiger partial charge is 0.789 e. The summed E-state index contributed by atoms with van der Waals surface area (Å²) in [6.45, 7) is 0.974. The molecule has 4 nitrogen and oxygen atoms in total. The van der Waals surface area contributed by atoms with Gasteiger partial charge >= 0.3 is 7.32 Å². The Labute approximate surface area is 165 Å². The first-order chi connectivity index (χ1) is 13.9. The quantitative estimate of drug-likeness (QED) is 0.684. The van der Waals surface area contributed by atoms with E-state index in [-0.39, 0.29) is 6.04 Å². The molecule has 0 saturated carbocycles. The van der Waals surface area contributed by atoms with Gasteiger partial charge in [-0.3, -0.25) is 0 Å². The van der Waals surface area contributed by atoms with Crippen LogP contribution in [-0.2, 0) is 10.3 Å². The summed E-state index contributed by atoms with van der Waals surface area (Å²) in [5, 5.41) is 3.65. The van der Waals surface area contributed by atoms with E-state index in [0.717, 1.165) is 30.5 Å². The Morgan fingerprint density at radius 1 is 0.786 bits per heavy atom. The Morgan fingerprint density at radius 2 is 1.32 bits per heavy atom. The van der Waals surface area contributed by atoms with Crippen molar-refractivity contribution in [3.8, 4) is 11.5 Å². The standard InChI is InChI=1S/C23H22BNO3/c1-3-10-18(11-4-1)23(22-16-9-17-25-22,19-12-5-2-6-13-19)28-24-26-20-14-7-8-15-21(20)27-24/h1-8,10-15,22,25H,9,16-17H2/t22-/m0/s1. The molecule has 1 N–H and O–H groups in total. The van der Waals surface area contributed by atoms with Crippen molar-refractivity contribution < 1.29 is 14.0 Å². The fourth-order valence-corrected chi connectivity index (χ4v) is 4.27. The monoisotopic (exact) mass is 371 g/mol. The lowest BCUT2D eigenvalue weighted by Gasteiger charge is -2.40. The molecule has 1 atom stereocenters. The molecule has 0 radical (unpaired) electrons. The van der Waals surface area contributed by atoms with Crippen LogP contribution in [0.25, 0.3) is 0 Å². The highest BCUT2D eigenvalue weighted by molar-refractivity contribution is 6.40. The molecule has 0 spiro atoms. The van der Waals surface area contributed by atoms with Crippen molar-refractivity contribution in [2.45, 2.75) is 24.5 Å². The van der Waals surface area contributed by atoms with E-state index in [1.165, 1.54) is 0 Å². The van der Waals surface area contributed by atoms with Crippen LogP contribution < -0.4 is 14.6 Å². The minimum absolute atomic E-state index is 0.119. The number of nitrogens with one attached hydrogen (secondary N) is 1. The van der Waals surface area contributed by atoms with Crippen LogP contribution in [0.15, 0.2) is 84.9 Å². The van der Waals surface area contributed by atoms with E-state index in [9.17, 15) is 0 Å². The summed E-state index contributed by atoms with van der Waals surface area (Å²) in [5.74, 6) is 1.42. The third-order valence-electron chi connectivity index (χ3n) is 5.53. The summed E-state index contributed by atoms with van der Waals surface area (Å²) in [7, 11) is -0.805. The van der Waals surface area contributed by atoms with Gasteiger partial charge in [0.2, 0.25) is 0 Å². The van der Waals surface area contributed by atoms with E-state index in [4.69, 9.17) is 14.0 Å². The van der Waals surface area contributed by atoms with E-state index in [0.29, 0.717) is 11.5 Å². The van der Waals surface area contributed by atoms with Crippen LogP contribution in [0.3, 0.4) is 0 Å². The fraction of sp³-hybridized carbons (Fsp3) is 0.217. The van der Waals surface area contributed by atoms with Crippen molar-refractivity contribution in [1.82, 2.24) is 5.32 Å². The molecule has 3 aromatic carbocycles. The summed E-state index contributed by atoms with van der Waals surface area (Å²) in [4.78, 5) is 0. The van der Waals surface area contributed by atoms with Gasteiger partial charge in [-0.2, -0.15) is 0 Å². The predicted molar refractivity (Wildman–Crippen MR) is 109 cm³/mol. The van der Waals surface area contributed by atoms with Gasteiger partial charge in [-0.15, -0.1) is 0 Å². The summed E-state index contributed by atoms with van der Waals surface area (Å²) in [6, 6.07) is 28.5. The molecule has 0 amide bonds. The second-order valence-corrected chi connectivity index (χ2v) is 7.21. The number of fused-ring (bicyclic) bond motifs is 1. The topological polar surface area (TPSA) is 39.7 Å². The van der Waals surface area contributed by atoms with Crippen LogP contribution in [0.4, 0.5) is 0 Å². The highest BCUT2D eigenvalue weighted by Crippen LogP contribution is 2.43. The normalized spacial score (nSPS) is 18.4. The van der Waals surface area contributed by atoms with Crippen molar-refractivity contribution in [1.29, 1.82) is 0 Å². The number of hydrogen-bond donors (Lipinski definition) is 1. The van der Waals surface area contributed by atoms with Crippen LogP contribution in [0.1, 0.15) is 24.0 Å². The van der Waals surface area contributed by atoms with Crippen molar-refractivity contribution in [3.63, 3.8) is 0 Å². The maximum absolute atomic E-state index is 6.73. The average Bonchev–Trinajstić information content (AvgIpc) is 3.43. The van der Waals surface area contributed by atoms with E-state index >= 15 is 0 Å². The highest BCUT2D eigenvalue weighted by Gasteiger charge is 2.51. The van der Waals surface area contributed by atoms with Crippen LogP contribution in [0, 0.1) is 0 Å². The van der Waals surface area contributed by atoms with Gasteiger partial charge in [0.1, 0.15) is 17.1 Å². The average molecular weight is 371 g/mol. The van der Waals surface area contributed by atoms with Crippen LogP contribution in [-0.4, -0.2) is 19.9 Å². The van der Waals surface area contributed by atoms with Crippen LogP contribution in [0.5, 0.6) is 11.5 Å². The van der Waals surface area contributed by atoms with Crippen molar-refractivity contribution >= 4 is 7.32 Å². The Morgan fingerprint density at radius 3 is 1.82 bits per heavy atom. The molecule has 0 unspecified atom stereocenters. The molecule has 3 aromatic rings. The lowest BCUT2D eigenvalue weighted by molar-refractivity contribution is 0.0348. The lowest BCUT2D eigenvalue weighted by Crippen LogP contribution is -2.53. The van der Waals surface area contributed by atoms with Crippen LogP contribution >= 0.6 is 0 Å². The van der Waals surface area contributed by atoms with Gasteiger partial charge in [-0.05, 0) is 42.6 Å². The molecular formula is C23H22BNO3. The van der Waals surface area contributed by atoms with Gasteiger partial charge in [-0.1, -0.05) is 72.8 Å². The Bertz CT molecular complexity index is 864. The minimum Gasteiger partial charge on any atom is -0.498 e. The summed E-state index contributed by atoms with van der Waals surface area (Å²) in [5.41, 5.74) is 1.46. The Hall–Kier alpha value is -2.76. The van der Waals surface area contributed by atoms with E-state index in [2.05, 4.69) is 53.8 Å². The number of benzene rings is 3. The summed E-state index contributed by atoms with van der Waals surface area (Å²) in [6.07, 6.45) is 2.13. The molecular weight excluding hydrogens is 349 g/mol. The van der Waals surface area contributed by atoms with E-state index in [1.807, 2.05) is 36.4 Å². The predicted octanol–water partition coefficient (Wildman–Crippen LogP) is 4.16. The third kappa shape index (κ3) is 2.97. The smallest absolute Gasteiger partial charge is 0.498 e. The molecule has 2 aliphatic rings. The first-order valence-corrected chi connectivity index (χ1v) is 9.81. The maximum Gasteiger partial charge on any atom is 0.789 e. The van der Waals surface area contributed by atoms with Crippen LogP contribution in [0.2, 0.25) is 0 Å². The number of rotatable bonds is 5. The first kappa shape index (κ1) is 17.4. The van der Waals surface area contributed by atoms with E-state index in [1.54, 1.807) is 0 Å². The zero-order chi connectivity index (χ0) is 18.8. The molecule has 1 fully saturated rings. The first-order valence-electron chi connectivity index (χ1n) is 9.81. The third-order valence-corrected chi connectivity index (χ3v) is 5.53. The maximum atomic E-state index is 6.73. The van der Waals surface area contributed by atoms with Crippen molar-refractivity contribution in [2.24, 2.45) is 0 Å². The van der Waals surface area contributed by atoms with Crippen molar-refractivity contribution in [2.75, 3.05) is 6.54 Å². The van der Waals surface area contributed by atoms with E-state index < -0.39 is 12.9 Å². The van der Waals surface area contributed by atoms with Gasteiger partial charge in [0.25, 0.3) is 0 Å². The molecule has 140 valence electrons. The summed E-state index contributed by atoms with van der Waals surface area (Å²) < 4.78 is 18.7.